The fourth-order valence-electron chi connectivity index (χ4n) is 3.58. The maximum absolute atomic E-state index is 3.65. The second-order valence-corrected chi connectivity index (χ2v) is 6.73. The summed E-state index contributed by atoms with van der Waals surface area (Å²) in [6, 6.07) is 38.5. The molecule has 4 rings (SSSR count). The van der Waals surface area contributed by atoms with Crippen LogP contribution in [0.15, 0.2) is 109 Å². The molecule has 0 radical (unpaired) electrons. The zero-order valence-corrected chi connectivity index (χ0v) is 15.5. The number of hydrogen-bond acceptors (Lipinski definition) is 1. The van der Waals surface area contributed by atoms with Crippen LogP contribution in [0.5, 0.6) is 0 Å². The lowest BCUT2D eigenvalue weighted by Crippen LogP contribution is -2.08. The minimum absolute atomic E-state index is 0.186. The zero-order valence-electron chi connectivity index (χ0n) is 15.5. The molecular weight excluding hydrogens is 326 g/mol. The van der Waals surface area contributed by atoms with Crippen LogP contribution in [0.25, 0.3) is 22.3 Å². The van der Waals surface area contributed by atoms with E-state index in [2.05, 4.69) is 115 Å². The number of benzene rings is 4. The van der Waals surface area contributed by atoms with Crippen LogP contribution in [0, 0.1) is 0 Å². The second-order valence-electron chi connectivity index (χ2n) is 6.73. The molecule has 0 aromatic heterocycles. The summed E-state index contributed by atoms with van der Waals surface area (Å²) in [6.07, 6.45) is 0. The van der Waals surface area contributed by atoms with Gasteiger partial charge in [-0.2, -0.15) is 0 Å². The molecule has 4 aromatic carbocycles. The summed E-state index contributed by atoms with van der Waals surface area (Å²) in [6.45, 7) is 2.23. The van der Waals surface area contributed by atoms with Crippen molar-refractivity contribution in [2.24, 2.45) is 0 Å². The largest absolute Gasteiger partial charge is 0.378 e. The van der Waals surface area contributed by atoms with Gasteiger partial charge in [-0.3, -0.25) is 0 Å². The highest BCUT2D eigenvalue weighted by molar-refractivity contribution is 5.86. The maximum atomic E-state index is 3.65. The van der Waals surface area contributed by atoms with Gasteiger partial charge in [0.05, 0.1) is 0 Å². The Bertz CT molecular complexity index is 992. The summed E-state index contributed by atoms with van der Waals surface area (Å²) in [7, 11) is 0. The van der Waals surface area contributed by atoms with E-state index in [-0.39, 0.29) is 6.04 Å². The lowest BCUT2D eigenvalue weighted by molar-refractivity contribution is 0.887. The first-order chi connectivity index (χ1) is 13.3. The van der Waals surface area contributed by atoms with E-state index in [9.17, 15) is 0 Å². The van der Waals surface area contributed by atoms with Gasteiger partial charge in [-0.25, -0.2) is 0 Å². The summed E-state index contributed by atoms with van der Waals surface area (Å²) in [5.74, 6) is 0. The first kappa shape index (κ1) is 17.1. The van der Waals surface area contributed by atoms with Gasteiger partial charge >= 0.3 is 0 Å². The van der Waals surface area contributed by atoms with Crippen molar-refractivity contribution < 1.29 is 0 Å². The molecule has 0 aliphatic rings. The molecule has 0 saturated heterocycles. The number of rotatable bonds is 5. The summed E-state index contributed by atoms with van der Waals surface area (Å²) in [4.78, 5) is 0. The Labute approximate surface area is 161 Å². The minimum Gasteiger partial charge on any atom is -0.378 e. The molecule has 0 fully saturated rings. The Balaban J connectivity index is 1.84. The van der Waals surface area contributed by atoms with Gasteiger partial charge in [0.1, 0.15) is 0 Å². The van der Waals surface area contributed by atoms with E-state index in [0.29, 0.717) is 0 Å². The smallest absolute Gasteiger partial charge is 0.0492 e. The van der Waals surface area contributed by atoms with Crippen LogP contribution in [-0.4, -0.2) is 0 Å². The average molecular weight is 349 g/mol. The molecule has 0 aliphatic carbocycles. The van der Waals surface area contributed by atoms with Gasteiger partial charge in [0, 0.05) is 11.7 Å². The fraction of sp³-hybridized carbons (Fsp3) is 0.0769. The van der Waals surface area contributed by atoms with Crippen LogP contribution in [0.4, 0.5) is 5.69 Å². The topological polar surface area (TPSA) is 12.0 Å². The first-order valence-electron chi connectivity index (χ1n) is 9.38. The third-order valence-corrected chi connectivity index (χ3v) is 4.87. The molecule has 1 nitrogen and oxygen atoms in total. The van der Waals surface area contributed by atoms with Crippen molar-refractivity contribution in [2.45, 2.75) is 13.0 Å². The molecule has 1 atom stereocenters. The summed E-state index contributed by atoms with van der Waals surface area (Å²) in [5.41, 5.74) is 7.47. The molecule has 132 valence electrons. The molecule has 1 unspecified atom stereocenters. The quantitative estimate of drug-likeness (QED) is 0.402. The third kappa shape index (κ3) is 3.78. The van der Waals surface area contributed by atoms with E-state index in [4.69, 9.17) is 0 Å². The molecule has 0 amide bonds. The predicted molar refractivity (Wildman–Crippen MR) is 116 cm³/mol. The highest BCUT2D eigenvalue weighted by Crippen LogP contribution is 2.38. The molecule has 4 aromatic rings. The number of para-hydroxylation sites is 1. The highest BCUT2D eigenvalue weighted by Gasteiger charge is 2.16. The maximum Gasteiger partial charge on any atom is 0.0492 e. The summed E-state index contributed by atoms with van der Waals surface area (Å²) >= 11 is 0. The zero-order chi connectivity index (χ0) is 18.5. The molecule has 1 heteroatoms. The van der Waals surface area contributed by atoms with Crippen LogP contribution in [0.1, 0.15) is 18.5 Å². The van der Waals surface area contributed by atoms with Crippen LogP contribution in [0.2, 0.25) is 0 Å². The lowest BCUT2D eigenvalue weighted by Gasteiger charge is -2.22. The SMILES string of the molecule is CC(Nc1ccccc1)c1cccc(-c2ccccc2)c1-c1ccccc1. The van der Waals surface area contributed by atoms with Crippen molar-refractivity contribution in [3.8, 4) is 22.3 Å². The highest BCUT2D eigenvalue weighted by atomic mass is 14.9. The van der Waals surface area contributed by atoms with E-state index in [1.807, 2.05) is 6.07 Å². The van der Waals surface area contributed by atoms with Crippen LogP contribution in [-0.2, 0) is 0 Å². The standard InChI is InChI=1S/C26H23N/c1-20(27-23-16-9-4-10-17-23)24-18-11-19-25(21-12-5-2-6-13-21)26(24)22-14-7-3-8-15-22/h2-20,27H,1H3. The van der Waals surface area contributed by atoms with Crippen LogP contribution < -0.4 is 5.32 Å². The van der Waals surface area contributed by atoms with E-state index in [1.54, 1.807) is 0 Å². The van der Waals surface area contributed by atoms with Gasteiger partial charge in [-0.05, 0) is 46.9 Å². The predicted octanol–water partition coefficient (Wildman–Crippen LogP) is 7.19. The summed E-state index contributed by atoms with van der Waals surface area (Å²) in [5, 5.41) is 3.65. The minimum atomic E-state index is 0.186. The molecular formula is C26H23N. The number of anilines is 1. The molecule has 27 heavy (non-hydrogen) atoms. The van der Waals surface area contributed by atoms with E-state index < -0.39 is 0 Å². The van der Waals surface area contributed by atoms with Gasteiger partial charge in [0.15, 0.2) is 0 Å². The molecule has 0 bridgehead atoms. The van der Waals surface area contributed by atoms with Crippen molar-refractivity contribution in [2.75, 3.05) is 5.32 Å². The Morgan fingerprint density at radius 2 is 1.11 bits per heavy atom. The van der Waals surface area contributed by atoms with Crippen molar-refractivity contribution in [3.63, 3.8) is 0 Å². The van der Waals surface area contributed by atoms with Crippen LogP contribution >= 0.6 is 0 Å². The number of nitrogens with one attached hydrogen (secondary N) is 1. The summed E-state index contributed by atoms with van der Waals surface area (Å²) < 4.78 is 0. The lowest BCUT2D eigenvalue weighted by atomic mass is 9.88. The van der Waals surface area contributed by atoms with Gasteiger partial charge in [-0.1, -0.05) is 97.1 Å². The Morgan fingerprint density at radius 1 is 0.556 bits per heavy atom. The third-order valence-electron chi connectivity index (χ3n) is 4.87. The van der Waals surface area contributed by atoms with E-state index in [0.717, 1.165) is 5.69 Å². The monoisotopic (exact) mass is 349 g/mol. The molecule has 0 heterocycles. The normalized spacial score (nSPS) is 11.7. The molecule has 1 N–H and O–H groups in total. The molecule has 0 aliphatic heterocycles. The Hall–Kier alpha value is -3.32. The Kier molecular flexibility index (Phi) is 5.02. The van der Waals surface area contributed by atoms with Crippen molar-refractivity contribution in [1.82, 2.24) is 0 Å². The van der Waals surface area contributed by atoms with E-state index in [1.165, 1.54) is 27.8 Å². The van der Waals surface area contributed by atoms with Gasteiger partial charge < -0.3 is 5.32 Å². The first-order valence-corrected chi connectivity index (χ1v) is 9.38. The Morgan fingerprint density at radius 3 is 1.74 bits per heavy atom. The van der Waals surface area contributed by atoms with Gasteiger partial charge in [0.2, 0.25) is 0 Å². The van der Waals surface area contributed by atoms with Crippen molar-refractivity contribution in [3.05, 3.63) is 115 Å². The molecule has 0 saturated carbocycles. The van der Waals surface area contributed by atoms with Crippen LogP contribution in [0.3, 0.4) is 0 Å². The van der Waals surface area contributed by atoms with Gasteiger partial charge in [-0.15, -0.1) is 0 Å². The van der Waals surface area contributed by atoms with Gasteiger partial charge in [0.25, 0.3) is 0 Å². The molecule has 0 spiro atoms. The number of hydrogen-bond donors (Lipinski definition) is 1. The second kappa shape index (κ2) is 7.92. The fourth-order valence-corrected chi connectivity index (χ4v) is 3.58. The van der Waals surface area contributed by atoms with Crippen molar-refractivity contribution in [1.29, 1.82) is 0 Å². The van der Waals surface area contributed by atoms with E-state index >= 15 is 0 Å². The average Bonchev–Trinajstić information content (AvgIpc) is 2.75. The van der Waals surface area contributed by atoms with Crippen molar-refractivity contribution >= 4 is 5.69 Å².